The highest BCUT2D eigenvalue weighted by molar-refractivity contribution is 7.85. The average Bonchev–Trinajstić information content (AvgIpc) is 2.58. The molecular weight excluding hydrogens is 326 g/mol. The van der Waals surface area contributed by atoms with E-state index in [1.807, 2.05) is 30.3 Å². The van der Waals surface area contributed by atoms with Gasteiger partial charge in [0.1, 0.15) is 0 Å². The SMILES string of the molecule is Cl.O=S(CC1CCN(Cc2ccccc2)CC1)c1ccccc1. The molecular formula is C19H24ClNOS. The van der Waals surface area contributed by atoms with E-state index >= 15 is 0 Å². The van der Waals surface area contributed by atoms with Crippen LogP contribution in [0.5, 0.6) is 0 Å². The van der Waals surface area contributed by atoms with Gasteiger partial charge in [-0.25, -0.2) is 0 Å². The lowest BCUT2D eigenvalue weighted by atomic mass is 9.98. The van der Waals surface area contributed by atoms with Crippen LogP contribution in [0, 0.1) is 5.92 Å². The monoisotopic (exact) mass is 349 g/mol. The molecule has 23 heavy (non-hydrogen) atoms. The molecule has 2 aromatic carbocycles. The van der Waals surface area contributed by atoms with Crippen LogP contribution in [-0.4, -0.2) is 28.0 Å². The van der Waals surface area contributed by atoms with Gasteiger partial charge in [0, 0.05) is 17.2 Å². The molecule has 0 N–H and O–H groups in total. The summed E-state index contributed by atoms with van der Waals surface area (Å²) in [6, 6.07) is 20.5. The summed E-state index contributed by atoms with van der Waals surface area (Å²) < 4.78 is 12.4. The van der Waals surface area contributed by atoms with E-state index in [2.05, 4.69) is 35.2 Å². The van der Waals surface area contributed by atoms with Crippen molar-refractivity contribution in [1.29, 1.82) is 0 Å². The lowest BCUT2D eigenvalue weighted by Gasteiger charge is -2.31. The van der Waals surface area contributed by atoms with Crippen LogP contribution in [-0.2, 0) is 17.3 Å². The molecule has 124 valence electrons. The molecule has 1 fully saturated rings. The Bertz CT molecular complexity index is 597. The van der Waals surface area contributed by atoms with E-state index in [0.29, 0.717) is 5.92 Å². The predicted molar refractivity (Wildman–Crippen MR) is 99.4 cm³/mol. The Morgan fingerprint density at radius 1 is 0.913 bits per heavy atom. The van der Waals surface area contributed by atoms with Crippen molar-refractivity contribution in [2.24, 2.45) is 5.92 Å². The maximum Gasteiger partial charge on any atom is 0.0532 e. The van der Waals surface area contributed by atoms with E-state index in [4.69, 9.17) is 0 Å². The lowest BCUT2D eigenvalue weighted by molar-refractivity contribution is 0.186. The van der Waals surface area contributed by atoms with Crippen LogP contribution < -0.4 is 0 Å². The van der Waals surface area contributed by atoms with E-state index in [9.17, 15) is 4.21 Å². The highest BCUT2D eigenvalue weighted by Gasteiger charge is 2.21. The van der Waals surface area contributed by atoms with Gasteiger partial charge < -0.3 is 0 Å². The summed E-state index contributed by atoms with van der Waals surface area (Å²) >= 11 is 0. The molecule has 1 aliphatic rings. The number of hydrogen-bond donors (Lipinski definition) is 0. The van der Waals surface area contributed by atoms with E-state index in [1.54, 1.807) is 0 Å². The van der Waals surface area contributed by atoms with Crippen molar-refractivity contribution in [3.8, 4) is 0 Å². The van der Waals surface area contributed by atoms with Crippen LogP contribution >= 0.6 is 12.4 Å². The minimum atomic E-state index is -0.849. The molecule has 0 bridgehead atoms. The lowest BCUT2D eigenvalue weighted by Crippen LogP contribution is -2.34. The summed E-state index contributed by atoms with van der Waals surface area (Å²) in [5.74, 6) is 1.40. The van der Waals surface area contributed by atoms with Crippen LogP contribution in [0.1, 0.15) is 18.4 Å². The second-order valence-electron chi connectivity index (χ2n) is 6.03. The first-order chi connectivity index (χ1) is 10.8. The Morgan fingerprint density at radius 3 is 2.09 bits per heavy atom. The van der Waals surface area contributed by atoms with Crippen LogP contribution in [0.15, 0.2) is 65.6 Å². The van der Waals surface area contributed by atoms with Crippen molar-refractivity contribution < 1.29 is 4.21 Å². The molecule has 2 aromatic rings. The quantitative estimate of drug-likeness (QED) is 0.809. The van der Waals surface area contributed by atoms with Crippen LogP contribution in [0.2, 0.25) is 0 Å². The molecule has 0 aliphatic carbocycles. The minimum absolute atomic E-state index is 0. The molecule has 2 nitrogen and oxygen atoms in total. The molecule has 4 heteroatoms. The highest BCUT2D eigenvalue weighted by atomic mass is 35.5. The van der Waals surface area contributed by atoms with Gasteiger partial charge in [-0.15, -0.1) is 12.4 Å². The summed E-state index contributed by atoms with van der Waals surface area (Å²) in [4.78, 5) is 3.48. The average molecular weight is 350 g/mol. The van der Waals surface area contributed by atoms with Crippen LogP contribution in [0.3, 0.4) is 0 Å². The third-order valence-electron chi connectivity index (χ3n) is 4.35. The maximum atomic E-state index is 12.4. The molecule has 0 amide bonds. The zero-order valence-electron chi connectivity index (χ0n) is 13.3. The first-order valence-electron chi connectivity index (χ1n) is 8.01. The number of nitrogens with zero attached hydrogens (tertiary/aromatic N) is 1. The predicted octanol–water partition coefficient (Wildman–Crippen LogP) is 4.13. The molecule has 1 unspecified atom stereocenters. The second kappa shape index (κ2) is 9.21. The van der Waals surface area contributed by atoms with Gasteiger partial charge in [0.15, 0.2) is 0 Å². The Hall–Kier alpha value is -1.16. The molecule has 1 atom stereocenters. The van der Waals surface area contributed by atoms with E-state index in [0.717, 1.165) is 43.1 Å². The van der Waals surface area contributed by atoms with Crippen molar-refractivity contribution in [1.82, 2.24) is 4.90 Å². The van der Waals surface area contributed by atoms with Crippen LogP contribution in [0.4, 0.5) is 0 Å². The number of halogens is 1. The van der Waals surface area contributed by atoms with Gasteiger partial charge in [-0.05, 0) is 49.5 Å². The van der Waals surface area contributed by atoms with Crippen molar-refractivity contribution in [3.05, 3.63) is 66.2 Å². The van der Waals surface area contributed by atoms with Gasteiger partial charge in [-0.1, -0.05) is 48.5 Å². The molecule has 1 heterocycles. The smallest absolute Gasteiger partial charge is 0.0532 e. The maximum absolute atomic E-state index is 12.4. The number of hydrogen-bond acceptors (Lipinski definition) is 2. The summed E-state index contributed by atoms with van der Waals surface area (Å²) in [7, 11) is -0.849. The molecule has 0 saturated carbocycles. The number of piperidine rings is 1. The molecule has 0 spiro atoms. The fourth-order valence-corrected chi connectivity index (χ4v) is 4.45. The number of rotatable bonds is 5. The van der Waals surface area contributed by atoms with Crippen molar-refractivity contribution >= 4 is 23.2 Å². The first kappa shape index (κ1) is 18.2. The number of likely N-dealkylation sites (tertiary alicyclic amines) is 1. The fraction of sp³-hybridized carbons (Fsp3) is 0.368. The third-order valence-corrected chi connectivity index (χ3v) is 5.92. The standard InChI is InChI=1S/C19H23NOS.ClH/c21-22(19-9-5-2-6-10-19)16-18-11-13-20(14-12-18)15-17-7-3-1-4-8-17;/h1-10,18H,11-16H2;1H. The van der Waals surface area contributed by atoms with Gasteiger partial charge in [0.2, 0.25) is 0 Å². The van der Waals surface area contributed by atoms with E-state index in [1.165, 1.54) is 5.56 Å². The zero-order valence-corrected chi connectivity index (χ0v) is 14.9. The minimum Gasteiger partial charge on any atom is -0.299 e. The normalized spacial score (nSPS) is 17.4. The topological polar surface area (TPSA) is 20.3 Å². The summed E-state index contributed by atoms with van der Waals surface area (Å²) in [6.45, 7) is 3.27. The van der Waals surface area contributed by atoms with Crippen molar-refractivity contribution in [2.75, 3.05) is 18.8 Å². The molecule has 0 aromatic heterocycles. The van der Waals surface area contributed by atoms with Gasteiger partial charge in [0.05, 0.1) is 10.8 Å². The Morgan fingerprint density at radius 2 is 1.48 bits per heavy atom. The molecule has 3 rings (SSSR count). The van der Waals surface area contributed by atoms with Crippen molar-refractivity contribution in [3.63, 3.8) is 0 Å². The third kappa shape index (κ3) is 5.45. The second-order valence-corrected chi connectivity index (χ2v) is 7.53. The summed E-state index contributed by atoms with van der Waals surface area (Å²) in [6.07, 6.45) is 2.32. The largest absolute Gasteiger partial charge is 0.299 e. The summed E-state index contributed by atoms with van der Waals surface area (Å²) in [5, 5.41) is 0. The molecule has 1 aliphatic heterocycles. The molecule has 0 radical (unpaired) electrons. The van der Waals surface area contributed by atoms with Crippen molar-refractivity contribution in [2.45, 2.75) is 24.3 Å². The van der Waals surface area contributed by atoms with Crippen LogP contribution in [0.25, 0.3) is 0 Å². The van der Waals surface area contributed by atoms with Gasteiger partial charge in [-0.3, -0.25) is 9.11 Å². The highest BCUT2D eigenvalue weighted by Crippen LogP contribution is 2.21. The van der Waals surface area contributed by atoms with Gasteiger partial charge in [0.25, 0.3) is 0 Å². The Kier molecular flexibility index (Phi) is 7.28. The van der Waals surface area contributed by atoms with Gasteiger partial charge in [-0.2, -0.15) is 0 Å². The van der Waals surface area contributed by atoms with Gasteiger partial charge >= 0.3 is 0 Å². The Balaban J connectivity index is 0.00000192. The first-order valence-corrected chi connectivity index (χ1v) is 9.33. The Labute approximate surface area is 147 Å². The van der Waals surface area contributed by atoms with E-state index < -0.39 is 10.8 Å². The zero-order chi connectivity index (χ0) is 15.2. The summed E-state index contributed by atoms with van der Waals surface area (Å²) in [5.41, 5.74) is 1.38. The van der Waals surface area contributed by atoms with E-state index in [-0.39, 0.29) is 12.4 Å². The fourth-order valence-electron chi connectivity index (χ4n) is 3.04. The number of benzene rings is 2. The molecule has 1 saturated heterocycles.